The molecule has 0 spiro atoms. The van der Waals surface area contributed by atoms with Gasteiger partial charge in [-0.1, -0.05) is 46.1 Å². The van der Waals surface area contributed by atoms with E-state index in [0.717, 1.165) is 22.9 Å². The van der Waals surface area contributed by atoms with Gasteiger partial charge in [0, 0.05) is 10.4 Å². The molecule has 0 saturated heterocycles. The highest BCUT2D eigenvalue weighted by Crippen LogP contribution is 2.29. The number of hydrogen-bond donors (Lipinski definition) is 0. The summed E-state index contributed by atoms with van der Waals surface area (Å²) in [5.74, 6) is 0.786. The van der Waals surface area contributed by atoms with Crippen LogP contribution in [0.3, 0.4) is 0 Å². The fraction of sp³-hybridized carbons (Fsp3) is 0.538. The van der Waals surface area contributed by atoms with E-state index in [9.17, 15) is 0 Å². The van der Waals surface area contributed by atoms with Gasteiger partial charge in [-0.15, -0.1) is 0 Å². The number of rotatable bonds is 5. The highest BCUT2D eigenvalue weighted by atomic mass is 79.9. The van der Waals surface area contributed by atoms with Gasteiger partial charge in [-0.05, 0) is 36.5 Å². The number of halogens is 2. The summed E-state index contributed by atoms with van der Waals surface area (Å²) in [6.45, 7) is 0.888. The Bertz CT molecular complexity index is 321. The standard InChI is InChI=1S/C13H16BrClO/c14-8-13(16-9-10-2-1-3-10)11-4-6-12(15)7-5-11/h4-7,10,13H,1-3,8-9H2. The number of benzene rings is 1. The zero-order valence-corrected chi connectivity index (χ0v) is 11.5. The molecule has 1 saturated carbocycles. The minimum atomic E-state index is 0.151. The lowest BCUT2D eigenvalue weighted by Crippen LogP contribution is -2.19. The molecule has 2 rings (SSSR count). The van der Waals surface area contributed by atoms with Crippen LogP contribution in [-0.2, 0) is 4.74 Å². The zero-order valence-electron chi connectivity index (χ0n) is 9.16. The molecule has 3 heteroatoms. The zero-order chi connectivity index (χ0) is 11.4. The molecule has 0 N–H and O–H groups in total. The van der Waals surface area contributed by atoms with Crippen LogP contribution >= 0.6 is 27.5 Å². The smallest absolute Gasteiger partial charge is 0.0921 e. The Hall–Kier alpha value is -0.0500. The van der Waals surface area contributed by atoms with E-state index in [1.54, 1.807) is 0 Å². The summed E-state index contributed by atoms with van der Waals surface area (Å²) < 4.78 is 5.93. The fourth-order valence-corrected chi connectivity index (χ4v) is 2.51. The first kappa shape index (κ1) is 12.4. The summed E-state index contributed by atoms with van der Waals surface area (Å²) in [6, 6.07) is 7.91. The van der Waals surface area contributed by atoms with Crippen LogP contribution in [0.15, 0.2) is 24.3 Å². The number of ether oxygens (including phenoxy) is 1. The average molecular weight is 304 g/mol. The van der Waals surface area contributed by atoms with Crippen LogP contribution in [-0.4, -0.2) is 11.9 Å². The van der Waals surface area contributed by atoms with Gasteiger partial charge in [-0.25, -0.2) is 0 Å². The quantitative estimate of drug-likeness (QED) is 0.723. The van der Waals surface area contributed by atoms with E-state index in [-0.39, 0.29) is 6.10 Å². The van der Waals surface area contributed by atoms with Gasteiger partial charge in [-0.3, -0.25) is 0 Å². The molecule has 1 aliphatic carbocycles. The molecular weight excluding hydrogens is 287 g/mol. The lowest BCUT2D eigenvalue weighted by Gasteiger charge is -2.27. The van der Waals surface area contributed by atoms with Gasteiger partial charge in [-0.2, -0.15) is 0 Å². The van der Waals surface area contributed by atoms with E-state index < -0.39 is 0 Å². The second-order valence-corrected chi connectivity index (χ2v) is 5.41. The van der Waals surface area contributed by atoms with Crippen molar-refractivity contribution < 1.29 is 4.74 Å². The van der Waals surface area contributed by atoms with E-state index in [0.29, 0.717) is 0 Å². The molecule has 1 aromatic rings. The van der Waals surface area contributed by atoms with E-state index in [4.69, 9.17) is 16.3 Å². The summed E-state index contributed by atoms with van der Waals surface area (Å²) in [5, 5.41) is 1.61. The van der Waals surface area contributed by atoms with E-state index in [1.165, 1.54) is 24.8 Å². The molecule has 16 heavy (non-hydrogen) atoms. The summed E-state index contributed by atoms with van der Waals surface area (Å²) in [5.41, 5.74) is 1.19. The maximum Gasteiger partial charge on any atom is 0.0921 e. The molecule has 1 aliphatic rings. The molecular formula is C13H16BrClO. The molecule has 0 aliphatic heterocycles. The molecule has 1 aromatic carbocycles. The molecule has 0 heterocycles. The molecule has 1 nitrogen and oxygen atoms in total. The first-order chi connectivity index (χ1) is 7.79. The highest BCUT2D eigenvalue weighted by Gasteiger charge is 2.20. The topological polar surface area (TPSA) is 9.23 Å². The minimum Gasteiger partial charge on any atom is -0.372 e. The normalized spacial score (nSPS) is 18.1. The van der Waals surface area contributed by atoms with Crippen LogP contribution in [0, 0.1) is 5.92 Å². The Labute approximate surface area is 110 Å². The van der Waals surface area contributed by atoms with Crippen LogP contribution in [0.2, 0.25) is 5.02 Å². The van der Waals surface area contributed by atoms with Gasteiger partial charge in [0.25, 0.3) is 0 Å². The van der Waals surface area contributed by atoms with Crippen LogP contribution in [0.5, 0.6) is 0 Å². The van der Waals surface area contributed by atoms with Crippen LogP contribution in [0.4, 0.5) is 0 Å². The van der Waals surface area contributed by atoms with Gasteiger partial charge in [0.1, 0.15) is 0 Å². The van der Waals surface area contributed by atoms with Crippen molar-refractivity contribution in [2.24, 2.45) is 5.92 Å². The predicted molar refractivity (Wildman–Crippen MR) is 71.3 cm³/mol. The van der Waals surface area contributed by atoms with Gasteiger partial charge in [0.15, 0.2) is 0 Å². The monoisotopic (exact) mass is 302 g/mol. The van der Waals surface area contributed by atoms with Crippen molar-refractivity contribution in [2.45, 2.75) is 25.4 Å². The molecule has 1 unspecified atom stereocenters. The predicted octanol–water partition coefficient (Wildman–Crippen LogP) is 4.59. The number of hydrogen-bond acceptors (Lipinski definition) is 1. The Morgan fingerprint density at radius 2 is 2.00 bits per heavy atom. The van der Waals surface area contributed by atoms with Crippen molar-refractivity contribution in [3.05, 3.63) is 34.9 Å². The summed E-state index contributed by atoms with van der Waals surface area (Å²) in [6.07, 6.45) is 4.18. The second-order valence-electron chi connectivity index (χ2n) is 4.32. The van der Waals surface area contributed by atoms with Crippen molar-refractivity contribution in [3.8, 4) is 0 Å². The molecule has 0 bridgehead atoms. The Morgan fingerprint density at radius 1 is 1.31 bits per heavy atom. The maximum absolute atomic E-state index is 5.93. The molecule has 1 fully saturated rings. The number of alkyl halides is 1. The largest absolute Gasteiger partial charge is 0.372 e. The van der Waals surface area contributed by atoms with Crippen molar-refractivity contribution in [2.75, 3.05) is 11.9 Å². The van der Waals surface area contributed by atoms with Crippen molar-refractivity contribution >= 4 is 27.5 Å². The lowest BCUT2D eigenvalue weighted by molar-refractivity contribution is 0.0224. The van der Waals surface area contributed by atoms with E-state index >= 15 is 0 Å². The first-order valence-electron chi connectivity index (χ1n) is 5.72. The second kappa shape index (κ2) is 6.04. The third kappa shape index (κ3) is 3.22. The summed E-state index contributed by atoms with van der Waals surface area (Å²) in [7, 11) is 0. The molecule has 88 valence electrons. The van der Waals surface area contributed by atoms with Crippen LogP contribution in [0.1, 0.15) is 30.9 Å². The first-order valence-corrected chi connectivity index (χ1v) is 7.22. The van der Waals surface area contributed by atoms with Gasteiger partial charge in [0.05, 0.1) is 12.7 Å². The molecule has 0 aromatic heterocycles. The van der Waals surface area contributed by atoms with Crippen molar-refractivity contribution in [1.82, 2.24) is 0 Å². The van der Waals surface area contributed by atoms with E-state index in [2.05, 4.69) is 15.9 Å². The SMILES string of the molecule is Clc1ccc(C(CBr)OCC2CCC2)cc1. The molecule has 0 radical (unpaired) electrons. The third-order valence-corrected chi connectivity index (χ3v) is 3.98. The van der Waals surface area contributed by atoms with Crippen LogP contribution < -0.4 is 0 Å². The Morgan fingerprint density at radius 3 is 2.50 bits per heavy atom. The van der Waals surface area contributed by atoms with Gasteiger partial charge in [0.2, 0.25) is 0 Å². The van der Waals surface area contributed by atoms with E-state index in [1.807, 2.05) is 24.3 Å². The summed E-state index contributed by atoms with van der Waals surface area (Å²) >= 11 is 9.37. The molecule has 1 atom stereocenters. The Balaban J connectivity index is 1.90. The lowest BCUT2D eigenvalue weighted by atomic mass is 9.86. The average Bonchev–Trinajstić information content (AvgIpc) is 2.24. The van der Waals surface area contributed by atoms with Gasteiger partial charge >= 0.3 is 0 Å². The highest BCUT2D eigenvalue weighted by molar-refractivity contribution is 9.09. The van der Waals surface area contributed by atoms with Crippen molar-refractivity contribution in [3.63, 3.8) is 0 Å². The summed E-state index contributed by atoms with van der Waals surface area (Å²) in [4.78, 5) is 0. The fourth-order valence-electron chi connectivity index (χ4n) is 1.82. The Kier molecular flexibility index (Phi) is 4.68. The van der Waals surface area contributed by atoms with Crippen LogP contribution in [0.25, 0.3) is 0 Å². The van der Waals surface area contributed by atoms with Gasteiger partial charge < -0.3 is 4.74 Å². The third-order valence-electron chi connectivity index (χ3n) is 3.14. The van der Waals surface area contributed by atoms with Crippen molar-refractivity contribution in [1.29, 1.82) is 0 Å². The maximum atomic E-state index is 5.93. The minimum absolute atomic E-state index is 0.151. The molecule has 0 amide bonds.